The van der Waals surface area contributed by atoms with E-state index in [1.54, 1.807) is 19.1 Å². The van der Waals surface area contributed by atoms with Crippen molar-refractivity contribution >= 4 is 17.5 Å². The first kappa shape index (κ1) is 14.8. The fourth-order valence-electron chi connectivity index (χ4n) is 3.46. The number of aromatic nitrogens is 1. The van der Waals surface area contributed by atoms with Crippen molar-refractivity contribution in [3.63, 3.8) is 0 Å². The van der Waals surface area contributed by atoms with E-state index in [2.05, 4.69) is 15.5 Å². The van der Waals surface area contributed by atoms with Crippen LogP contribution in [-0.2, 0) is 4.79 Å². The molecule has 1 aromatic heterocycles. The Kier molecular flexibility index (Phi) is 3.52. The Bertz CT molecular complexity index is 855. The molecule has 0 bridgehead atoms. The lowest BCUT2D eigenvalue weighted by molar-refractivity contribution is -0.117. The monoisotopic (exact) mass is 323 g/mol. The molecule has 122 valence electrons. The minimum Gasteiger partial charge on any atom is -0.361 e. The molecule has 0 fully saturated rings. The second kappa shape index (κ2) is 5.70. The Hall–Kier alpha value is -2.76. The molecule has 0 aromatic carbocycles. The highest BCUT2D eigenvalue weighted by Crippen LogP contribution is 2.38. The van der Waals surface area contributed by atoms with Gasteiger partial charge in [0, 0.05) is 23.3 Å². The van der Waals surface area contributed by atoms with Gasteiger partial charge in [0.1, 0.15) is 5.76 Å². The lowest BCUT2D eigenvalue weighted by Crippen LogP contribution is -2.37. The van der Waals surface area contributed by atoms with E-state index >= 15 is 0 Å². The van der Waals surface area contributed by atoms with Crippen LogP contribution in [0.1, 0.15) is 41.9 Å². The zero-order valence-corrected chi connectivity index (χ0v) is 13.3. The lowest BCUT2D eigenvalue weighted by atomic mass is 9.77. The Morgan fingerprint density at radius 3 is 3.00 bits per heavy atom. The van der Waals surface area contributed by atoms with Crippen LogP contribution in [0.4, 0.5) is 0 Å². The van der Waals surface area contributed by atoms with Gasteiger partial charge in [0.15, 0.2) is 5.69 Å². The summed E-state index contributed by atoms with van der Waals surface area (Å²) in [5.74, 6) is 0.190. The Morgan fingerprint density at radius 1 is 1.38 bits per heavy atom. The molecule has 2 aliphatic carbocycles. The predicted octanol–water partition coefficient (Wildman–Crippen LogP) is 2.63. The molecule has 0 radical (unpaired) electrons. The molecule has 24 heavy (non-hydrogen) atoms. The number of hydrogen-bond acceptors (Lipinski definition) is 4. The molecule has 0 saturated heterocycles. The lowest BCUT2D eigenvalue weighted by Gasteiger charge is -2.33. The van der Waals surface area contributed by atoms with Crippen LogP contribution in [0.3, 0.4) is 0 Å². The van der Waals surface area contributed by atoms with E-state index in [0.29, 0.717) is 11.5 Å². The summed E-state index contributed by atoms with van der Waals surface area (Å²) in [7, 11) is 0. The molecule has 2 heterocycles. The molecule has 0 saturated carbocycles. The van der Waals surface area contributed by atoms with Crippen LogP contribution in [-0.4, -0.2) is 22.7 Å². The third-order valence-corrected chi connectivity index (χ3v) is 4.59. The maximum Gasteiger partial charge on any atom is 0.299 e. The molecule has 1 unspecified atom stereocenters. The summed E-state index contributed by atoms with van der Waals surface area (Å²) in [6.45, 7) is 1.72. The van der Waals surface area contributed by atoms with Crippen LogP contribution in [0.5, 0.6) is 0 Å². The van der Waals surface area contributed by atoms with Gasteiger partial charge in [0.2, 0.25) is 0 Å². The third kappa shape index (κ3) is 2.54. The van der Waals surface area contributed by atoms with E-state index in [1.807, 2.05) is 12.2 Å². The quantitative estimate of drug-likeness (QED) is 0.861. The first-order valence-electron chi connectivity index (χ1n) is 8.11. The Balaban J connectivity index is 1.63. The van der Waals surface area contributed by atoms with Crippen molar-refractivity contribution in [2.45, 2.75) is 32.6 Å². The molecular weight excluding hydrogens is 306 g/mol. The number of carbonyl (C=O) groups excluding carboxylic acids is 2. The number of nitrogens with zero attached hydrogens (tertiary/aromatic N) is 2. The second-order valence-corrected chi connectivity index (χ2v) is 6.27. The van der Waals surface area contributed by atoms with Crippen molar-refractivity contribution in [2.24, 2.45) is 10.9 Å². The zero-order chi connectivity index (χ0) is 16.7. The van der Waals surface area contributed by atoms with Gasteiger partial charge in [-0.25, -0.2) is 4.99 Å². The molecule has 1 atom stereocenters. The van der Waals surface area contributed by atoms with Crippen LogP contribution in [0.2, 0.25) is 0 Å². The number of rotatable bonds is 1. The second-order valence-electron chi connectivity index (χ2n) is 6.27. The highest BCUT2D eigenvalue weighted by Gasteiger charge is 2.33. The minimum absolute atomic E-state index is 0.0136. The molecule has 6 heteroatoms. The van der Waals surface area contributed by atoms with Crippen molar-refractivity contribution in [3.05, 3.63) is 52.6 Å². The van der Waals surface area contributed by atoms with Crippen molar-refractivity contribution in [1.29, 1.82) is 0 Å². The van der Waals surface area contributed by atoms with Crippen molar-refractivity contribution < 1.29 is 14.1 Å². The van der Waals surface area contributed by atoms with Crippen molar-refractivity contribution in [1.82, 2.24) is 10.5 Å². The number of amides is 2. The van der Waals surface area contributed by atoms with Gasteiger partial charge in [-0.3, -0.25) is 9.59 Å². The van der Waals surface area contributed by atoms with E-state index < -0.39 is 5.91 Å². The maximum atomic E-state index is 12.3. The molecule has 1 aromatic rings. The highest BCUT2D eigenvalue weighted by molar-refractivity contribution is 6.14. The summed E-state index contributed by atoms with van der Waals surface area (Å²) >= 11 is 0. The minimum atomic E-state index is -0.457. The van der Waals surface area contributed by atoms with Gasteiger partial charge in [-0.1, -0.05) is 11.2 Å². The summed E-state index contributed by atoms with van der Waals surface area (Å²) in [5.41, 5.74) is 3.63. The molecule has 1 aliphatic heterocycles. The standard InChI is InChI=1S/C18H17N3O3/c1-10-8-16(21-24-10)18(23)19-11-6-7-13-12-4-2-3-5-14(12)17(22)20-15(13)9-11/h6-9,13H,2-5H2,1H3,(H,20,22). The summed E-state index contributed by atoms with van der Waals surface area (Å²) in [6, 6.07) is 1.55. The number of allylic oxidation sites excluding steroid dienone is 3. The van der Waals surface area contributed by atoms with Crippen LogP contribution < -0.4 is 5.32 Å². The van der Waals surface area contributed by atoms with Crippen LogP contribution in [0.25, 0.3) is 0 Å². The number of fused-ring (bicyclic) bond motifs is 2. The average Bonchev–Trinajstić information content (AvgIpc) is 3.02. The number of aryl methyl sites for hydroxylation is 1. The molecule has 4 rings (SSSR count). The molecule has 2 amide bonds. The largest absolute Gasteiger partial charge is 0.361 e. The summed E-state index contributed by atoms with van der Waals surface area (Å²) in [6.07, 6.45) is 9.61. The fraction of sp³-hybridized carbons (Fsp3) is 0.333. The first-order valence-corrected chi connectivity index (χ1v) is 8.11. The van der Waals surface area contributed by atoms with Gasteiger partial charge in [0.05, 0.1) is 5.71 Å². The number of carbonyl (C=O) groups is 2. The summed E-state index contributed by atoms with van der Waals surface area (Å²) < 4.78 is 4.90. The fourth-order valence-corrected chi connectivity index (χ4v) is 3.46. The number of nitrogens with one attached hydrogen (secondary N) is 1. The Labute approximate surface area is 139 Å². The average molecular weight is 323 g/mol. The van der Waals surface area contributed by atoms with E-state index in [9.17, 15) is 9.59 Å². The maximum absolute atomic E-state index is 12.3. The van der Waals surface area contributed by atoms with Gasteiger partial charge < -0.3 is 9.84 Å². The van der Waals surface area contributed by atoms with Crippen LogP contribution in [0, 0.1) is 12.8 Å². The smallest absolute Gasteiger partial charge is 0.299 e. The van der Waals surface area contributed by atoms with Crippen molar-refractivity contribution in [3.8, 4) is 0 Å². The van der Waals surface area contributed by atoms with Gasteiger partial charge in [-0.15, -0.1) is 0 Å². The number of aliphatic imine (C=N–C) groups is 1. The topological polar surface area (TPSA) is 84.6 Å². The first-order chi connectivity index (χ1) is 11.6. The summed E-state index contributed by atoms with van der Waals surface area (Å²) in [4.78, 5) is 28.4. The molecule has 1 N–H and O–H groups in total. The van der Waals surface area contributed by atoms with Crippen LogP contribution >= 0.6 is 0 Å². The van der Waals surface area contributed by atoms with Gasteiger partial charge >= 0.3 is 0 Å². The van der Waals surface area contributed by atoms with Crippen LogP contribution in [0.15, 0.2) is 50.7 Å². The van der Waals surface area contributed by atoms with Gasteiger partial charge in [-0.2, -0.15) is 0 Å². The van der Waals surface area contributed by atoms with Gasteiger partial charge in [-0.05, 0) is 50.3 Å². The molecule has 0 spiro atoms. The predicted molar refractivity (Wildman–Crippen MR) is 87.4 cm³/mol. The van der Waals surface area contributed by atoms with E-state index in [1.165, 1.54) is 5.57 Å². The van der Waals surface area contributed by atoms with E-state index in [4.69, 9.17) is 4.52 Å². The number of hydrogen-bond donors (Lipinski definition) is 1. The van der Waals surface area contributed by atoms with Gasteiger partial charge in [0.25, 0.3) is 11.8 Å². The Morgan fingerprint density at radius 2 is 2.21 bits per heavy atom. The highest BCUT2D eigenvalue weighted by atomic mass is 16.5. The van der Waals surface area contributed by atoms with E-state index in [0.717, 1.165) is 37.0 Å². The SMILES string of the molecule is Cc1cc(C(=O)N=C2C=CC3C(=C2)NC(=O)C2=C3CCCC2)no1. The molecule has 3 aliphatic rings. The molecule has 6 nitrogen and oxygen atoms in total. The van der Waals surface area contributed by atoms with Crippen molar-refractivity contribution in [2.75, 3.05) is 0 Å². The molecular formula is C18H17N3O3. The normalized spacial score (nSPS) is 24.4. The zero-order valence-electron chi connectivity index (χ0n) is 13.3. The summed E-state index contributed by atoms with van der Waals surface area (Å²) in [5, 5.41) is 6.63. The van der Waals surface area contributed by atoms with E-state index in [-0.39, 0.29) is 17.5 Å². The third-order valence-electron chi connectivity index (χ3n) is 4.59.